The van der Waals surface area contributed by atoms with Crippen LogP contribution in [0.1, 0.15) is 15.9 Å². The number of nitrogens with zero attached hydrogens (tertiary/aromatic N) is 4. The molecule has 1 heterocycles. The zero-order chi connectivity index (χ0) is 29.3. The number of aromatic hydroxyl groups is 1. The van der Waals surface area contributed by atoms with Gasteiger partial charge in [0.2, 0.25) is 0 Å². The Morgan fingerprint density at radius 1 is 0.780 bits per heavy atom. The van der Waals surface area contributed by atoms with Crippen molar-refractivity contribution in [1.29, 1.82) is 0 Å². The molecule has 0 aliphatic rings. The summed E-state index contributed by atoms with van der Waals surface area (Å²) in [6.07, 6.45) is 0. The van der Waals surface area contributed by atoms with Crippen LogP contribution < -0.4 is 14.5 Å². The first kappa shape index (κ1) is 27.5. The zero-order valence-corrected chi connectivity index (χ0v) is 24.2. The van der Waals surface area contributed by atoms with Gasteiger partial charge in [-0.2, -0.15) is 0 Å². The number of phenols is 1. The third kappa shape index (κ3) is 5.26. The maximum Gasteiger partial charge on any atom is 0.264 e. The lowest BCUT2D eigenvalue weighted by molar-refractivity contribution is 0.0963. The van der Waals surface area contributed by atoms with Gasteiger partial charge < -0.3 is 19.6 Å². The molecule has 0 amide bonds. The smallest absolute Gasteiger partial charge is 0.264 e. The van der Waals surface area contributed by atoms with Crippen molar-refractivity contribution < 1.29 is 14.6 Å². The standard InChI is InChI=1S/C34H34N4O3/c1-22-20-26(21-29(41-6)32(22)39)33-35-30(23-12-16-27(17-13-23)36(2)3)31(24-14-18-28(19-15-24)37(4)5)38(33)34(40)25-10-8-7-9-11-25/h7-21,39H,1-6H3. The average Bonchev–Trinajstić information content (AvgIpc) is 3.39. The van der Waals surface area contributed by atoms with Crippen LogP contribution in [0.3, 0.4) is 0 Å². The molecule has 0 radical (unpaired) electrons. The van der Waals surface area contributed by atoms with Gasteiger partial charge in [0.25, 0.3) is 5.91 Å². The highest BCUT2D eigenvalue weighted by Gasteiger charge is 2.27. The minimum absolute atomic E-state index is 0.0581. The van der Waals surface area contributed by atoms with E-state index in [2.05, 4.69) is 0 Å². The number of hydrogen-bond acceptors (Lipinski definition) is 6. The van der Waals surface area contributed by atoms with Crippen LogP contribution in [0.25, 0.3) is 33.9 Å². The van der Waals surface area contributed by atoms with E-state index >= 15 is 0 Å². The van der Waals surface area contributed by atoms with Gasteiger partial charge in [0, 0.05) is 61.8 Å². The third-order valence-corrected chi connectivity index (χ3v) is 7.16. The number of imidazole rings is 1. The van der Waals surface area contributed by atoms with E-state index < -0.39 is 0 Å². The number of rotatable bonds is 7. The SMILES string of the molecule is COc1cc(-c2nc(-c3ccc(N(C)C)cc3)c(-c3ccc(N(C)C)cc3)n2C(=O)c2ccccc2)cc(C)c1O. The Labute approximate surface area is 240 Å². The molecular weight excluding hydrogens is 512 g/mol. The molecule has 7 nitrogen and oxygen atoms in total. The number of carbonyl (C=O) groups excluding carboxylic acids is 1. The molecule has 0 saturated carbocycles. The summed E-state index contributed by atoms with van der Waals surface area (Å²) >= 11 is 0. The van der Waals surface area contributed by atoms with Crippen LogP contribution in [0.5, 0.6) is 11.5 Å². The summed E-state index contributed by atoms with van der Waals surface area (Å²) in [7, 11) is 9.50. The molecule has 0 unspecified atom stereocenters. The van der Waals surface area contributed by atoms with Gasteiger partial charge in [-0.05, 0) is 61.0 Å². The number of anilines is 2. The fourth-order valence-corrected chi connectivity index (χ4v) is 4.86. The number of benzene rings is 4. The zero-order valence-electron chi connectivity index (χ0n) is 24.2. The highest BCUT2D eigenvalue weighted by atomic mass is 16.5. The second kappa shape index (κ2) is 11.2. The van der Waals surface area contributed by atoms with Crippen molar-refractivity contribution in [3.05, 3.63) is 102 Å². The number of phenolic OH excluding ortho intramolecular Hbond substituents is 1. The quantitative estimate of drug-likeness (QED) is 0.244. The van der Waals surface area contributed by atoms with Crippen molar-refractivity contribution in [2.24, 2.45) is 0 Å². The Kier molecular flexibility index (Phi) is 7.53. The van der Waals surface area contributed by atoms with Gasteiger partial charge in [-0.15, -0.1) is 0 Å². The number of hydrogen-bond donors (Lipinski definition) is 1. The summed E-state index contributed by atoms with van der Waals surface area (Å²) in [6, 6.07) is 29.0. The second-order valence-corrected chi connectivity index (χ2v) is 10.4. The molecule has 4 aromatic carbocycles. The Balaban J connectivity index is 1.85. The maximum atomic E-state index is 14.3. The highest BCUT2D eigenvalue weighted by molar-refractivity contribution is 6.03. The van der Waals surface area contributed by atoms with Crippen molar-refractivity contribution >= 4 is 17.3 Å². The van der Waals surface area contributed by atoms with Crippen molar-refractivity contribution in [2.75, 3.05) is 45.1 Å². The second-order valence-electron chi connectivity index (χ2n) is 10.4. The minimum Gasteiger partial charge on any atom is -0.504 e. The Morgan fingerprint density at radius 2 is 1.34 bits per heavy atom. The monoisotopic (exact) mass is 546 g/mol. The largest absolute Gasteiger partial charge is 0.504 e. The molecule has 208 valence electrons. The van der Waals surface area contributed by atoms with Crippen LogP contribution in [0, 0.1) is 6.92 Å². The first-order valence-electron chi connectivity index (χ1n) is 13.4. The van der Waals surface area contributed by atoms with Crippen molar-refractivity contribution in [3.63, 3.8) is 0 Å². The number of ether oxygens (including phenoxy) is 1. The predicted molar refractivity (Wildman–Crippen MR) is 166 cm³/mol. The molecular formula is C34H34N4O3. The van der Waals surface area contributed by atoms with E-state index in [-0.39, 0.29) is 11.7 Å². The Morgan fingerprint density at radius 3 is 1.88 bits per heavy atom. The summed E-state index contributed by atoms with van der Waals surface area (Å²) in [5.74, 6) is 0.623. The summed E-state index contributed by atoms with van der Waals surface area (Å²) in [4.78, 5) is 23.5. The van der Waals surface area contributed by atoms with Crippen molar-refractivity contribution in [1.82, 2.24) is 9.55 Å². The normalized spacial score (nSPS) is 10.9. The topological polar surface area (TPSA) is 70.8 Å². The Bertz CT molecular complexity index is 1690. The first-order chi connectivity index (χ1) is 19.7. The molecule has 0 bridgehead atoms. The molecule has 0 aliphatic heterocycles. The van der Waals surface area contributed by atoms with Crippen LogP contribution in [0.15, 0.2) is 91.0 Å². The number of aryl methyl sites for hydroxylation is 1. The molecule has 1 aromatic heterocycles. The summed E-state index contributed by atoms with van der Waals surface area (Å²) in [6.45, 7) is 1.80. The fourth-order valence-electron chi connectivity index (χ4n) is 4.86. The van der Waals surface area contributed by atoms with Crippen LogP contribution in [0.2, 0.25) is 0 Å². The van der Waals surface area contributed by atoms with Gasteiger partial charge in [0.05, 0.1) is 18.5 Å². The lowest BCUT2D eigenvalue weighted by Gasteiger charge is -2.16. The van der Waals surface area contributed by atoms with E-state index in [1.807, 2.05) is 111 Å². The minimum atomic E-state index is -0.208. The van der Waals surface area contributed by atoms with E-state index in [0.717, 1.165) is 22.5 Å². The molecule has 41 heavy (non-hydrogen) atoms. The van der Waals surface area contributed by atoms with Crippen LogP contribution in [-0.4, -0.2) is 55.9 Å². The first-order valence-corrected chi connectivity index (χ1v) is 13.4. The molecule has 7 heteroatoms. The van der Waals surface area contributed by atoms with E-state index in [1.54, 1.807) is 29.7 Å². The Hall–Kier alpha value is -5.04. The molecule has 5 aromatic rings. The molecule has 1 N–H and O–H groups in total. The average molecular weight is 547 g/mol. The van der Waals surface area contributed by atoms with E-state index in [9.17, 15) is 9.90 Å². The molecule has 0 aliphatic carbocycles. The van der Waals surface area contributed by atoms with Crippen LogP contribution in [0.4, 0.5) is 11.4 Å². The lowest BCUT2D eigenvalue weighted by Crippen LogP contribution is -2.15. The number of aromatic nitrogens is 2. The summed E-state index contributed by atoms with van der Waals surface area (Å²) < 4.78 is 7.15. The molecule has 5 rings (SSSR count). The molecule has 0 fully saturated rings. The van der Waals surface area contributed by atoms with Gasteiger partial charge in [-0.1, -0.05) is 42.5 Å². The summed E-state index contributed by atoms with van der Waals surface area (Å²) in [5, 5.41) is 10.6. The van der Waals surface area contributed by atoms with E-state index in [1.165, 1.54) is 7.11 Å². The third-order valence-electron chi connectivity index (χ3n) is 7.16. The van der Waals surface area contributed by atoms with Gasteiger partial charge in [-0.3, -0.25) is 9.36 Å². The van der Waals surface area contributed by atoms with Crippen molar-refractivity contribution in [2.45, 2.75) is 6.92 Å². The predicted octanol–water partition coefficient (Wildman–Crippen LogP) is 6.73. The molecule has 0 spiro atoms. The molecule has 0 saturated heterocycles. The van der Waals surface area contributed by atoms with Crippen LogP contribution >= 0.6 is 0 Å². The van der Waals surface area contributed by atoms with E-state index in [0.29, 0.717) is 39.7 Å². The fraction of sp³-hybridized carbons (Fsp3) is 0.176. The van der Waals surface area contributed by atoms with Crippen molar-refractivity contribution in [3.8, 4) is 45.4 Å². The number of methoxy groups -OCH3 is 1. The number of carbonyl (C=O) groups is 1. The maximum absolute atomic E-state index is 14.3. The highest BCUT2D eigenvalue weighted by Crippen LogP contribution is 2.41. The summed E-state index contributed by atoms with van der Waals surface area (Å²) in [5.41, 5.74) is 7.01. The van der Waals surface area contributed by atoms with Gasteiger partial charge >= 0.3 is 0 Å². The van der Waals surface area contributed by atoms with Crippen LogP contribution in [-0.2, 0) is 0 Å². The molecule has 0 atom stereocenters. The van der Waals surface area contributed by atoms with Gasteiger partial charge in [0.15, 0.2) is 11.5 Å². The lowest BCUT2D eigenvalue weighted by atomic mass is 10.0. The van der Waals surface area contributed by atoms with Gasteiger partial charge in [-0.25, -0.2) is 4.98 Å². The van der Waals surface area contributed by atoms with Gasteiger partial charge in [0.1, 0.15) is 5.82 Å². The van der Waals surface area contributed by atoms with E-state index in [4.69, 9.17) is 9.72 Å².